The van der Waals surface area contributed by atoms with E-state index in [1.165, 1.54) is 0 Å². The summed E-state index contributed by atoms with van der Waals surface area (Å²) in [5, 5.41) is 91.8. The first-order valence-corrected chi connectivity index (χ1v) is 33.8. The first-order valence-electron chi connectivity index (χ1n) is 32.3. The Kier molecular flexibility index (Phi) is 41.6. The molecule has 1 amide bonds. The first-order chi connectivity index (χ1) is 43.0. The number of hydrogen-bond donors (Lipinski definition) is 11. The van der Waals surface area contributed by atoms with Crippen molar-refractivity contribution in [2.24, 2.45) is 23.2 Å². The third-order valence-corrected chi connectivity index (χ3v) is 17.6. The molecule has 526 valence electrons. The quantitative estimate of drug-likeness (QED) is 0.0180. The standard InChI is InChI=1S/C61H110NO27P/c1-41-52(71)55(74)48(34-63)87-58(41)83-26-17-11-5-8-14-20-44(66)23-29-80-37-61(33-47(69)32-51(70)62-40-86-90(77,78)79-4,38-81-30-24-45(67)21-15-9-6-12-18-27-84-59-42(2)53(72)56(75)49(35-64)88-59)39-82-31-25-46(68)22-16-10-7-13-19-28-85-60-43(3)54(73)57(76)50(36-65)89-60/h41-43,48-50,52-60,63-65,71-76H,5-40H2,1-4H3,(H,62,70)(H,77,78)/t41?,42?,43?,48?,49?,50?,52-,53-,54-,55+,56+,57+,58-,59-,60-,61?/m1/s1. The summed E-state index contributed by atoms with van der Waals surface area (Å²) in [6.45, 7) is 3.47. The van der Waals surface area contributed by atoms with Gasteiger partial charge >= 0.3 is 7.82 Å². The lowest BCUT2D eigenvalue weighted by molar-refractivity contribution is -0.282. The fourth-order valence-electron chi connectivity index (χ4n) is 10.7. The molecule has 0 saturated carbocycles. The van der Waals surface area contributed by atoms with Crippen LogP contribution in [0, 0.1) is 23.2 Å². The molecule has 11 N–H and O–H groups in total. The number of amides is 1. The second-order valence-electron chi connectivity index (χ2n) is 24.3. The predicted molar refractivity (Wildman–Crippen MR) is 321 cm³/mol. The maximum atomic E-state index is 13.7. The SMILES string of the molecule is COP(=O)(O)OCNC(=O)CC(=O)CC(COCCC(=O)CCCCCCCO[C@@H]1OC(CO)[C@H](O)[C@H](O)C1C)(COCCC(=O)CCCCCCCO[C@@H]1OC(CO)[C@H](O)[C@H](O)C1C)COCCC(=O)CCCCCCCO[C@@H]1OC(CO)[C@H](O)[C@H](O)C1C. The van der Waals surface area contributed by atoms with Crippen molar-refractivity contribution in [3.8, 4) is 0 Å². The van der Waals surface area contributed by atoms with E-state index in [0.29, 0.717) is 77.6 Å². The van der Waals surface area contributed by atoms with Crippen LogP contribution in [0.25, 0.3) is 0 Å². The number of aliphatic hydroxyl groups is 9. The molecule has 0 aromatic rings. The van der Waals surface area contributed by atoms with E-state index < -0.39 is 149 Å². The van der Waals surface area contributed by atoms with Crippen LogP contribution in [0.2, 0.25) is 0 Å². The van der Waals surface area contributed by atoms with E-state index in [9.17, 15) is 79.4 Å². The van der Waals surface area contributed by atoms with Crippen LogP contribution >= 0.6 is 7.82 Å². The molecule has 90 heavy (non-hydrogen) atoms. The molecule has 7 unspecified atom stereocenters. The van der Waals surface area contributed by atoms with E-state index in [2.05, 4.69) is 14.4 Å². The van der Waals surface area contributed by atoms with Crippen LogP contribution in [0.15, 0.2) is 0 Å². The monoisotopic (exact) mass is 1320 g/mol. The molecule has 0 aromatic carbocycles. The maximum absolute atomic E-state index is 13.7. The normalized spacial score (nSPS) is 28.5. The largest absolute Gasteiger partial charge is 0.473 e. The number of rotatable bonds is 53. The summed E-state index contributed by atoms with van der Waals surface area (Å²) in [4.78, 5) is 75.2. The Bertz CT molecular complexity index is 1870. The van der Waals surface area contributed by atoms with Gasteiger partial charge in [0, 0.05) is 95.0 Å². The molecule has 3 aliphatic heterocycles. The Balaban J connectivity index is 1.53. The summed E-state index contributed by atoms with van der Waals surface area (Å²) >= 11 is 0. The summed E-state index contributed by atoms with van der Waals surface area (Å²) in [6.07, 6.45) is -0.684. The first kappa shape index (κ1) is 81.8. The van der Waals surface area contributed by atoms with Crippen molar-refractivity contribution in [1.29, 1.82) is 0 Å². The van der Waals surface area contributed by atoms with E-state index in [1.807, 2.05) is 0 Å². The van der Waals surface area contributed by atoms with Crippen LogP contribution in [0.3, 0.4) is 0 Å². The Hall–Kier alpha value is -2.46. The zero-order valence-corrected chi connectivity index (χ0v) is 54.4. The molecule has 28 nitrogen and oxygen atoms in total. The zero-order chi connectivity index (χ0) is 66.5. The van der Waals surface area contributed by atoms with Crippen LogP contribution in [-0.4, -0.2) is 247 Å². The highest BCUT2D eigenvalue weighted by Gasteiger charge is 2.45. The van der Waals surface area contributed by atoms with Crippen molar-refractivity contribution in [2.75, 3.05) is 93.1 Å². The molecule has 3 rings (SSSR count). The number of ether oxygens (including phenoxy) is 9. The predicted octanol–water partition coefficient (Wildman–Crippen LogP) is 2.38. The minimum Gasteiger partial charge on any atom is -0.394 e. The number of aliphatic hydroxyl groups excluding tert-OH is 9. The van der Waals surface area contributed by atoms with Gasteiger partial charge in [0.05, 0.1) is 84.2 Å². The molecular weight excluding hydrogens is 1210 g/mol. The molecular formula is C61H110NO27P. The Morgan fingerprint density at radius 2 is 0.756 bits per heavy atom. The van der Waals surface area contributed by atoms with Gasteiger partial charge in [-0.2, -0.15) is 0 Å². The minimum atomic E-state index is -4.44. The van der Waals surface area contributed by atoms with Gasteiger partial charge in [0.2, 0.25) is 5.91 Å². The molecule has 3 aliphatic rings. The van der Waals surface area contributed by atoms with E-state index in [1.54, 1.807) is 20.8 Å². The summed E-state index contributed by atoms with van der Waals surface area (Å²) < 4.78 is 73.3. The Labute approximate surface area is 530 Å². The highest BCUT2D eigenvalue weighted by Crippen LogP contribution is 2.41. The third kappa shape index (κ3) is 31.4. The molecule has 3 saturated heterocycles. The van der Waals surface area contributed by atoms with Crippen molar-refractivity contribution >= 4 is 36.9 Å². The molecule has 0 spiro atoms. The van der Waals surface area contributed by atoms with Crippen LogP contribution in [0.5, 0.6) is 0 Å². The summed E-state index contributed by atoms with van der Waals surface area (Å²) in [6, 6.07) is 0. The van der Waals surface area contributed by atoms with Gasteiger partial charge in [-0.1, -0.05) is 78.6 Å². The molecule has 0 radical (unpaired) electrons. The third-order valence-electron chi connectivity index (χ3n) is 16.7. The number of nitrogens with one attached hydrogen (secondary N) is 1. The van der Waals surface area contributed by atoms with Crippen molar-refractivity contribution in [3.63, 3.8) is 0 Å². The fraction of sp³-hybridized carbons (Fsp3) is 0.918. The highest BCUT2D eigenvalue weighted by atomic mass is 31.2. The number of phosphoric acid groups is 1. The molecule has 3 fully saturated rings. The van der Waals surface area contributed by atoms with Crippen LogP contribution in [0.4, 0.5) is 0 Å². The number of hydrogen-bond acceptors (Lipinski definition) is 26. The number of carbonyl (C=O) groups excluding carboxylic acids is 5. The number of Topliss-reactive ketones (excluding diaryl/α,β-unsaturated/α-hetero) is 4. The number of carbonyl (C=O) groups is 5. The number of unbranched alkanes of at least 4 members (excludes halogenated alkanes) is 12. The fourth-order valence-corrected chi connectivity index (χ4v) is 11.1. The topological polar surface area (TPSA) is 418 Å². The molecule has 29 heteroatoms. The van der Waals surface area contributed by atoms with Gasteiger partial charge in [0.15, 0.2) is 18.9 Å². The van der Waals surface area contributed by atoms with Gasteiger partial charge in [-0.3, -0.25) is 33.0 Å². The van der Waals surface area contributed by atoms with Crippen LogP contribution in [-0.2, 0) is 80.2 Å². The summed E-state index contributed by atoms with van der Waals surface area (Å²) in [7, 11) is -3.49. The van der Waals surface area contributed by atoms with Crippen LogP contribution in [0.1, 0.15) is 168 Å². The number of phosphoric ester groups is 1. The van der Waals surface area contributed by atoms with E-state index in [4.69, 9.17) is 42.6 Å². The molecule has 0 aliphatic carbocycles. The Morgan fingerprint density at radius 1 is 0.444 bits per heavy atom. The summed E-state index contributed by atoms with van der Waals surface area (Å²) in [5.41, 5.74) is -1.27. The second kappa shape index (κ2) is 45.8. The molecule has 16 atom stereocenters. The van der Waals surface area contributed by atoms with Crippen LogP contribution < -0.4 is 5.32 Å². The highest BCUT2D eigenvalue weighted by molar-refractivity contribution is 7.47. The lowest BCUT2D eigenvalue weighted by Crippen LogP contribution is -2.55. The van der Waals surface area contributed by atoms with Crippen molar-refractivity contribution in [1.82, 2.24) is 5.32 Å². The van der Waals surface area contributed by atoms with Gasteiger partial charge < -0.3 is 98.8 Å². The average molecular weight is 1320 g/mol. The van der Waals surface area contributed by atoms with Gasteiger partial charge in [-0.25, -0.2) is 4.57 Å². The van der Waals surface area contributed by atoms with Crippen molar-refractivity contribution in [2.45, 2.75) is 242 Å². The van der Waals surface area contributed by atoms with Crippen molar-refractivity contribution in [3.05, 3.63) is 0 Å². The van der Waals surface area contributed by atoms with E-state index >= 15 is 0 Å². The molecule has 0 aromatic heterocycles. The lowest BCUT2D eigenvalue weighted by Gasteiger charge is -2.40. The van der Waals surface area contributed by atoms with Gasteiger partial charge in [0.25, 0.3) is 0 Å². The average Bonchev–Trinajstić information content (AvgIpc) is 2.69. The number of ketones is 4. The molecule has 3 heterocycles. The second-order valence-corrected chi connectivity index (χ2v) is 25.9. The van der Waals surface area contributed by atoms with Gasteiger partial charge in [-0.15, -0.1) is 0 Å². The van der Waals surface area contributed by atoms with E-state index in [0.717, 1.165) is 64.9 Å². The van der Waals surface area contributed by atoms with E-state index in [-0.39, 0.29) is 82.7 Å². The minimum absolute atomic E-state index is 0.0190. The maximum Gasteiger partial charge on any atom is 0.473 e. The lowest BCUT2D eigenvalue weighted by atomic mass is 9.84. The van der Waals surface area contributed by atoms with Gasteiger partial charge in [-0.05, 0) is 38.5 Å². The zero-order valence-electron chi connectivity index (χ0n) is 53.5. The van der Waals surface area contributed by atoms with Gasteiger partial charge in [0.1, 0.15) is 66.5 Å². The van der Waals surface area contributed by atoms with Crippen molar-refractivity contribution < 1.29 is 131 Å². The summed E-state index contributed by atoms with van der Waals surface area (Å²) in [5.74, 6) is -3.01. The molecule has 0 bridgehead atoms. The Morgan fingerprint density at radius 3 is 1.07 bits per heavy atom. The smallest absolute Gasteiger partial charge is 0.394 e.